The van der Waals surface area contributed by atoms with Crippen molar-refractivity contribution < 1.29 is 0 Å². The van der Waals surface area contributed by atoms with Crippen molar-refractivity contribution in [1.82, 2.24) is 14.5 Å². The number of nitrogens with zero attached hydrogens (tertiary/aromatic N) is 2. The van der Waals surface area contributed by atoms with Gasteiger partial charge in [0.25, 0.3) is 5.56 Å². The summed E-state index contributed by atoms with van der Waals surface area (Å²) in [6.45, 7) is 5.87. The van der Waals surface area contributed by atoms with Crippen LogP contribution in [0.5, 0.6) is 0 Å². The number of nitrogen functional groups attached to an aromatic ring is 1. The number of nitrogens with two attached hydrogens (primary N) is 1. The Morgan fingerprint density at radius 3 is 2.61 bits per heavy atom. The molecule has 0 saturated carbocycles. The molecule has 0 aromatic carbocycles. The van der Waals surface area contributed by atoms with Gasteiger partial charge in [0.15, 0.2) is 0 Å². The number of likely N-dealkylation sites (tertiary alicyclic amines) is 1. The minimum Gasteiger partial charge on any atom is -0.385 e. The summed E-state index contributed by atoms with van der Waals surface area (Å²) >= 11 is 0. The maximum Gasteiger partial charge on any atom is 0.329 e. The molecule has 0 amide bonds. The summed E-state index contributed by atoms with van der Waals surface area (Å²) in [4.78, 5) is 27.4. The van der Waals surface area contributed by atoms with Crippen molar-refractivity contribution in [2.24, 2.45) is 5.92 Å². The van der Waals surface area contributed by atoms with Crippen molar-refractivity contribution in [1.29, 1.82) is 0 Å². The second kappa shape index (κ2) is 5.39. The van der Waals surface area contributed by atoms with Gasteiger partial charge in [-0.25, -0.2) is 4.79 Å². The summed E-state index contributed by atoms with van der Waals surface area (Å²) in [5.74, 6) is 0.561. The van der Waals surface area contributed by atoms with Crippen LogP contribution >= 0.6 is 0 Å². The van der Waals surface area contributed by atoms with E-state index in [0.29, 0.717) is 12.5 Å². The van der Waals surface area contributed by atoms with Crippen LogP contribution in [0.25, 0.3) is 0 Å². The van der Waals surface area contributed by atoms with E-state index in [0.717, 1.165) is 19.6 Å². The average Bonchev–Trinajstić information content (AvgIpc) is 2.76. The van der Waals surface area contributed by atoms with Gasteiger partial charge in [0, 0.05) is 19.2 Å². The fraction of sp³-hybridized carbons (Fsp3) is 0.667. The van der Waals surface area contributed by atoms with E-state index < -0.39 is 11.2 Å². The number of hydrogen-bond acceptors (Lipinski definition) is 4. The lowest BCUT2D eigenvalue weighted by Crippen LogP contribution is -2.35. The highest BCUT2D eigenvalue weighted by Crippen LogP contribution is 2.11. The quantitative estimate of drug-likeness (QED) is 0.780. The molecule has 1 atom stereocenters. The zero-order valence-corrected chi connectivity index (χ0v) is 10.7. The van der Waals surface area contributed by atoms with Crippen LogP contribution in [0.15, 0.2) is 15.7 Å². The normalized spacial score (nSPS) is 18.1. The molecule has 1 aliphatic rings. The SMILES string of the molecule is CC(CN1CCCC1)Cn1c(N)cc(=O)[nH]c1=O. The van der Waals surface area contributed by atoms with Gasteiger partial charge in [-0.2, -0.15) is 0 Å². The molecule has 1 fully saturated rings. The number of nitrogens with one attached hydrogen (secondary N) is 1. The van der Waals surface area contributed by atoms with Crippen LogP contribution in [-0.2, 0) is 6.54 Å². The molecular weight excluding hydrogens is 232 g/mol. The standard InChI is InChI=1S/C12H20N4O2/c1-9(7-15-4-2-3-5-15)8-16-10(13)6-11(17)14-12(16)18/h6,9H,2-5,7-8,13H2,1H3,(H,14,17,18). The first-order valence-electron chi connectivity index (χ1n) is 6.38. The largest absolute Gasteiger partial charge is 0.385 e. The second-order valence-corrected chi connectivity index (χ2v) is 5.09. The Bertz CT molecular complexity index is 514. The van der Waals surface area contributed by atoms with E-state index in [-0.39, 0.29) is 5.82 Å². The summed E-state index contributed by atoms with van der Waals surface area (Å²) in [5, 5.41) is 0. The Kier molecular flexibility index (Phi) is 3.86. The van der Waals surface area contributed by atoms with Crippen molar-refractivity contribution in [3.8, 4) is 0 Å². The lowest BCUT2D eigenvalue weighted by molar-refractivity contribution is 0.270. The highest BCUT2D eigenvalue weighted by Gasteiger charge is 2.16. The molecule has 18 heavy (non-hydrogen) atoms. The first-order valence-corrected chi connectivity index (χ1v) is 6.38. The van der Waals surface area contributed by atoms with Crippen LogP contribution in [-0.4, -0.2) is 34.1 Å². The van der Waals surface area contributed by atoms with Crippen molar-refractivity contribution in [3.05, 3.63) is 26.9 Å². The van der Waals surface area contributed by atoms with E-state index in [4.69, 9.17) is 5.73 Å². The molecule has 0 bridgehead atoms. The minimum atomic E-state index is -0.444. The number of H-pyrrole nitrogens is 1. The molecule has 100 valence electrons. The predicted octanol–water partition coefficient (Wildman–Crippen LogP) is -0.149. The van der Waals surface area contributed by atoms with Gasteiger partial charge >= 0.3 is 5.69 Å². The summed E-state index contributed by atoms with van der Waals surface area (Å²) < 4.78 is 1.43. The van der Waals surface area contributed by atoms with Gasteiger partial charge in [0.2, 0.25) is 0 Å². The zero-order chi connectivity index (χ0) is 13.1. The van der Waals surface area contributed by atoms with Crippen LogP contribution in [0, 0.1) is 5.92 Å². The highest BCUT2D eigenvalue weighted by atomic mass is 16.2. The Morgan fingerprint density at radius 2 is 2.00 bits per heavy atom. The van der Waals surface area contributed by atoms with Crippen molar-refractivity contribution in [2.45, 2.75) is 26.3 Å². The molecule has 0 spiro atoms. The molecule has 1 unspecified atom stereocenters. The van der Waals surface area contributed by atoms with Gasteiger partial charge in [-0.1, -0.05) is 6.92 Å². The number of anilines is 1. The van der Waals surface area contributed by atoms with Crippen LogP contribution in [0.1, 0.15) is 19.8 Å². The molecule has 6 nitrogen and oxygen atoms in total. The van der Waals surface area contributed by atoms with E-state index in [1.165, 1.54) is 23.5 Å². The third-order valence-corrected chi connectivity index (χ3v) is 3.33. The second-order valence-electron chi connectivity index (χ2n) is 5.09. The van der Waals surface area contributed by atoms with Crippen LogP contribution in [0.3, 0.4) is 0 Å². The fourth-order valence-corrected chi connectivity index (χ4v) is 2.50. The van der Waals surface area contributed by atoms with Crippen LogP contribution < -0.4 is 17.0 Å². The molecule has 6 heteroatoms. The summed E-state index contributed by atoms with van der Waals surface area (Å²) in [6.07, 6.45) is 2.51. The first-order chi connectivity index (χ1) is 8.56. The number of rotatable bonds is 4. The molecular formula is C12H20N4O2. The molecule has 3 N–H and O–H groups in total. The Balaban J connectivity index is 2.04. The zero-order valence-electron chi connectivity index (χ0n) is 10.7. The Hall–Kier alpha value is -1.56. The Labute approximate surface area is 105 Å². The minimum absolute atomic E-state index is 0.233. The molecule has 0 aliphatic carbocycles. The monoisotopic (exact) mass is 252 g/mol. The van der Waals surface area contributed by atoms with Crippen LogP contribution in [0.4, 0.5) is 5.82 Å². The number of hydrogen-bond donors (Lipinski definition) is 2. The summed E-state index contributed by atoms with van der Waals surface area (Å²) in [7, 11) is 0. The van der Waals surface area contributed by atoms with E-state index in [1.807, 2.05) is 0 Å². The van der Waals surface area contributed by atoms with Gasteiger partial charge in [-0.15, -0.1) is 0 Å². The van der Waals surface area contributed by atoms with E-state index >= 15 is 0 Å². The van der Waals surface area contributed by atoms with Crippen molar-refractivity contribution in [2.75, 3.05) is 25.4 Å². The third kappa shape index (κ3) is 3.01. The van der Waals surface area contributed by atoms with Crippen molar-refractivity contribution >= 4 is 5.82 Å². The maximum atomic E-state index is 11.6. The first kappa shape index (κ1) is 12.9. The summed E-state index contributed by atoms with van der Waals surface area (Å²) in [5.41, 5.74) is 4.84. The van der Waals surface area contributed by atoms with Gasteiger partial charge in [0.05, 0.1) is 0 Å². The summed E-state index contributed by atoms with van der Waals surface area (Å²) in [6, 6.07) is 1.25. The smallest absolute Gasteiger partial charge is 0.329 e. The molecule has 2 heterocycles. The molecule has 1 aliphatic heterocycles. The molecule has 1 saturated heterocycles. The van der Waals surface area contributed by atoms with E-state index in [9.17, 15) is 9.59 Å². The van der Waals surface area contributed by atoms with Gasteiger partial charge in [0.1, 0.15) is 5.82 Å². The fourth-order valence-electron chi connectivity index (χ4n) is 2.50. The predicted molar refractivity (Wildman–Crippen MR) is 70.6 cm³/mol. The molecule has 2 rings (SSSR count). The lowest BCUT2D eigenvalue weighted by Gasteiger charge is -2.21. The topological polar surface area (TPSA) is 84.1 Å². The average molecular weight is 252 g/mol. The molecule has 1 aromatic rings. The van der Waals surface area contributed by atoms with Gasteiger partial charge < -0.3 is 10.6 Å². The molecule has 0 radical (unpaired) electrons. The number of aromatic nitrogens is 2. The maximum absolute atomic E-state index is 11.6. The van der Waals surface area contributed by atoms with Crippen molar-refractivity contribution in [3.63, 3.8) is 0 Å². The van der Waals surface area contributed by atoms with Gasteiger partial charge in [-0.3, -0.25) is 14.3 Å². The van der Waals surface area contributed by atoms with Crippen LogP contribution in [0.2, 0.25) is 0 Å². The van der Waals surface area contributed by atoms with Gasteiger partial charge in [-0.05, 0) is 31.8 Å². The van der Waals surface area contributed by atoms with E-state index in [1.54, 1.807) is 0 Å². The van der Waals surface area contributed by atoms with E-state index in [2.05, 4.69) is 16.8 Å². The number of aromatic amines is 1. The Morgan fingerprint density at radius 1 is 1.33 bits per heavy atom. The lowest BCUT2D eigenvalue weighted by atomic mass is 10.1. The third-order valence-electron chi connectivity index (χ3n) is 3.33. The molecule has 1 aromatic heterocycles. The highest BCUT2D eigenvalue weighted by molar-refractivity contribution is 5.26.